The molecule has 0 bridgehead atoms. The van der Waals surface area contributed by atoms with Crippen molar-refractivity contribution in [3.05, 3.63) is 30.3 Å². The Kier molecular flexibility index (Phi) is 4.30. The molecule has 2 nitrogen and oxygen atoms in total. The van der Waals surface area contributed by atoms with Gasteiger partial charge in [-0.05, 0) is 31.9 Å². The maximum Gasteiger partial charge on any atom is 0.119 e. The summed E-state index contributed by atoms with van der Waals surface area (Å²) in [6.07, 6.45) is 2.22. The lowest BCUT2D eigenvalue weighted by Gasteiger charge is -2.29. The lowest BCUT2D eigenvalue weighted by Crippen LogP contribution is -2.32. The van der Waals surface area contributed by atoms with Gasteiger partial charge in [-0.15, -0.1) is 11.6 Å². The van der Waals surface area contributed by atoms with Crippen LogP contribution in [0.3, 0.4) is 0 Å². The monoisotopic (exact) mass is 254 g/mol. The summed E-state index contributed by atoms with van der Waals surface area (Å²) in [5.74, 6) is 1.57. The Hall–Kier alpha value is -0.730. The Morgan fingerprint density at radius 2 is 2.18 bits per heavy atom. The van der Waals surface area contributed by atoms with Gasteiger partial charge in [0.2, 0.25) is 0 Å². The predicted molar refractivity (Wildman–Crippen MR) is 69.7 cm³/mol. The molecule has 1 aliphatic heterocycles. The Balaban J connectivity index is 1.85. The van der Waals surface area contributed by atoms with E-state index < -0.39 is 0 Å². The summed E-state index contributed by atoms with van der Waals surface area (Å²) in [4.78, 5) is 0. The molecule has 0 N–H and O–H groups in total. The minimum absolute atomic E-state index is 0.0936. The van der Waals surface area contributed by atoms with E-state index >= 15 is 0 Å². The van der Waals surface area contributed by atoms with Crippen LogP contribution in [0.1, 0.15) is 19.8 Å². The van der Waals surface area contributed by atoms with Crippen molar-refractivity contribution in [3.63, 3.8) is 0 Å². The highest BCUT2D eigenvalue weighted by atomic mass is 35.5. The van der Waals surface area contributed by atoms with Gasteiger partial charge in [-0.3, -0.25) is 0 Å². The smallest absolute Gasteiger partial charge is 0.119 e. The molecule has 0 spiro atoms. The first-order chi connectivity index (χ1) is 8.27. The number of halogens is 1. The third-order valence-corrected chi connectivity index (χ3v) is 4.24. The maximum absolute atomic E-state index is 6.11. The van der Waals surface area contributed by atoms with Gasteiger partial charge in [0.05, 0.1) is 12.7 Å². The number of hydrogen-bond acceptors (Lipinski definition) is 2. The van der Waals surface area contributed by atoms with Crippen molar-refractivity contribution < 1.29 is 9.47 Å². The molecule has 2 atom stereocenters. The molecule has 94 valence electrons. The van der Waals surface area contributed by atoms with Crippen LogP contribution in [0.4, 0.5) is 0 Å². The van der Waals surface area contributed by atoms with Crippen molar-refractivity contribution in [1.29, 1.82) is 0 Å². The van der Waals surface area contributed by atoms with Gasteiger partial charge in [-0.25, -0.2) is 0 Å². The summed E-state index contributed by atoms with van der Waals surface area (Å²) in [5, 5.41) is 0. The second-order valence-corrected chi connectivity index (χ2v) is 4.94. The highest BCUT2D eigenvalue weighted by Gasteiger charge is 2.40. The van der Waals surface area contributed by atoms with Gasteiger partial charge in [-0.2, -0.15) is 0 Å². The van der Waals surface area contributed by atoms with Gasteiger partial charge in [0.15, 0.2) is 0 Å². The lowest BCUT2D eigenvalue weighted by molar-refractivity contribution is 0.0620. The fourth-order valence-corrected chi connectivity index (χ4v) is 2.76. The van der Waals surface area contributed by atoms with Crippen LogP contribution >= 0.6 is 11.6 Å². The first-order valence-electron chi connectivity index (χ1n) is 6.12. The van der Waals surface area contributed by atoms with Gasteiger partial charge in [-0.1, -0.05) is 18.2 Å². The average molecular weight is 255 g/mol. The van der Waals surface area contributed by atoms with Crippen molar-refractivity contribution in [2.24, 2.45) is 5.41 Å². The topological polar surface area (TPSA) is 18.5 Å². The summed E-state index contributed by atoms with van der Waals surface area (Å²) in [5.41, 5.74) is 0.0936. The molecule has 17 heavy (non-hydrogen) atoms. The Morgan fingerprint density at radius 3 is 2.76 bits per heavy atom. The van der Waals surface area contributed by atoms with Crippen LogP contribution in [0.5, 0.6) is 5.75 Å². The molecule has 1 aromatic rings. The number of para-hydroxylation sites is 1. The van der Waals surface area contributed by atoms with E-state index in [-0.39, 0.29) is 11.5 Å². The normalized spacial score (nSPS) is 28.2. The van der Waals surface area contributed by atoms with Crippen molar-refractivity contribution >= 4 is 11.6 Å². The van der Waals surface area contributed by atoms with Crippen LogP contribution in [0.15, 0.2) is 30.3 Å². The molecule has 2 unspecified atom stereocenters. The zero-order chi connectivity index (χ0) is 12.1. The molecular weight excluding hydrogens is 236 g/mol. The maximum atomic E-state index is 6.11. The van der Waals surface area contributed by atoms with E-state index in [0.717, 1.165) is 25.2 Å². The van der Waals surface area contributed by atoms with E-state index in [1.165, 1.54) is 0 Å². The second-order valence-electron chi connectivity index (χ2n) is 4.67. The molecule has 1 aromatic carbocycles. The van der Waals surface area contributed by atoms with Crippen molar-refractivity contribution in [3.8, 4) is 5.75 Å². The van der Waals surface area contributed by atoms with E-state index in [0.29, 0.717) is 12.5 Å². The molecule has 1 fully saturated rings. The standard InChI is InChI=1S/C14H19ClO2/c1-12-14(11-15,7-9-16-12)8-10-17-13-5-3-2-4-6-13/h2-6,12H,7-11H2,1H3. The Morgan fingerprint density at radius 1 is 1.41 bits per heavy atom. The number of hydrogen-bond donors (Lipinski definition) is 0. The van der Waals surface area contributed by atoms with Crippen molar-refractivity contribution in [2.75, 3.05) is 19.1 Å². The Labute approximate surface area is 108 Å². The minimum Gasteiger partial charge on any atom is -0.494 e. The molecule has 2 rings (SSSR count). The van der Waals surface area contributed by atoms with Crippen LogP contribution in [-0.2, 0) is 4.74 Å². The quantitative estimate of drug-likeness (QED) is 0.749. The molecule has 0 radical (unpaired) electrons. The molecule has 0 saturated carbocycles. The highest BCUT2D eigenvalue weighted by molar-refractivity contribution is 6.18. The number of rotatable bonds is 5. The van der Waals surface area contributed by atoms with Gasteiger partial charge >= 0.3 is 0 Å². The molecule has 1 aliphatic rings. The fraction of sp³-hybridized carbons (Fsp3) is 0.571. The highest BCUT2D eigenvalue weighted by Crippen LogP contribution is 2.39. The number of alkyl halides is 1. The average Bonchev–Trinajstić information content (AvgIpc) is 2.73. The summed E-state index contributed by atoms with van der Waals surface area (Å²) in [7, 11) is 0. The van der Waals surface area contributed by atoms with Crippen molar-refractivity contribution in [1.82, 2.24) is 0 Å². The summed E-state index contributed by atoms with van der Waals surface area (Å²) < 4.78 is 11.4. The van der Waals surface area contributed by atoms with Crippen molar-refractivity contribution in [2.45, 2.75) is 25.9 Å². The van der Waals surface area contributed by atoms with Crippen LogP contribution in [0.25, 0.3) is 0 Å². The van der Waals surface area contributed by atoms with Gasteiger partial charge in [0.1, 0.15) is 5.75 Å². The predicted octanol–water partition coefficient (Wildman–Crippen LogP) is 3.49. The van der Waals surface area contributed by atoms with Gasteiger partial charge in [0, 0.05) is 17.9 Å². The third-order valence-electron chi connectivity index (χ3n) is 3.71. The van der Waals surface area contributed by atoms with Crippen LogP contribution in [0, 0.1) is 5.41 Å². The minimum atomic E-state index is 0.0936. The number of ether oxygens (including phenoxy) is 2. The van der Waals surface area contributed by atoms with Crippen LogP contribution in [0.2, 0.25) is 0 Å². The van der Waals surface area contributed by atoms with E-state index in [1.807, 2.05) is 30.3 Å². The van der Waals surface area contributed by atoms with E-state index in [9.17, 15) is 0 Å². The molecule has 0 aliphatic carbocycles. The first-order valence-corrected chi connectivity index (χ1v) is 6.66. The van der Waals surface area contributed by atoms with E-state index in [2.05, 4.69) is 6.92 Å². The number of benzene rings is 1. The third kappa shape index (κ3) is 2.93. The lowest BCUT2D eigenvalue weighted by atomic mass is 9.81. The second kappa shape index (κ2) is 5.74. The molecule has 0 aromatic heterocycles. The van der Waals surface area contributed by atoms with Crippen LogP contribution < -0.4 is 4.74 Å². The fourth-order valence-electron chi connectivity index (χ4n) is 2.28. The van der Waals surface area contributed by atoms with Crippen LogP contribution in [-0.4, -0.2) is 25.2 Å². The summed E-state index contributed by atoms with van der Waals surface area (Å²) >= 11 is 6.11. The molecule has 1 heterocycles. The molecular formula is C14H19ClO2. The molecule has 1 saturated heterocycles. The SMILES string of the molecule is CC1OCCC1(CCl)CCOc1ccccc1. The van der Waals surface area contributed by atoms with E-state index in [1.54, 1.807) is 0 Å². The zero-order valence-corrected chi connectivity index (χ0v) is 11.0. The zero-order valence-electron chi connectivity index (χ0n) is 10.2. The first kappa shape index (κ1) is 12.7. The largest absolute Gasteiger partial charge is 0.494 e. The van der Waals surface area contributed by atoms with Gasteiger partial charge in [0.25, 0.3) is 0 Å². The van der Waals surface area contributed by atoms with E-state index in [4.69, 9.17) is 21.1 Å². The molecule has 0 amide bonds. The Bertz CT molecular complexity index is 341. The summed E-state index contributed by atoms with van der Waals surface area (Å²) in [6.45, 7) is 3.63. The summed E-state index contributed by atoms with van der Waals surface area (Å²) in [6, 6.07) is 9.89. The molecule has 3 heteroatoms. The van der Waals surface area contributed by atoms with Gasteiger partial charge < -0.3 is 9.47 Å².